The lowest BCUT2D eigenvalue weighted by atomic mass is 9.96. The first-order valence-electron chi connectivity index (χ1n) is 12.9. The first kappa shape index (κ1) is 26.3. The molecule has 8 nitrogen and oxygen atoms in total. The van der Waals surface area contributed by atoms with Crippen LogP contribution in [0.3, 0.4) is 0 Å². The fourth-order valence-electron chi connectivity index (χ4n) is 4.74. The Morgan fingerprint density at radius 3 is 2.84 bits per heavy atom. The minimum Gasteiger partial charge on any atom is -0.488 e. The number of amides is 1. The van der Waals surface area contributed by atoms with Crippen LogP contribution in [0, 0.1) is 5.82 Å². The van der Waals surface area contributed by atoms with Crippen molar-refractivity contribution in [2.45, 2.75) is 44.2 Å². The summed E-state index contributed by atoms with van der Waals surface area (Å²) >= 11 is 5.95. The first-order chi connectivity index (χ1) is 18.5. The summed E-state index contributed by atoms with van der Waals surface area (Å²) in [6.45, 7) is 2.38. The zero-order chi connectivity index (χ0) is 26.5. The summed E-state index contributed by atoms with van der Waals surface area (Å²) in [4.78, 5) is 24.0. The van der Waals surface area contributed by atoms with Gasteiger partial charge in [0, 0.05) is 42.9 Å². The summed E-state index contributed by atoms with van der Waals surface area (Å²) in [5, 5.41) is 6.83. The van der Waals surface area contributed by atoms with Crippen LogP contribution < -0.4 is 15.4 Å². The highest BCUT2D eigenvalue weighted by Gasteiger charge is 2.24. The number of carbonyl (C=O) groups is 1. The van der Waals surface area contributed by atoms with Gasteiger partial charge in [0.25, 0.3) is 0 Å². The van der Waals surface area contributed by atoms with Crippen LogP contribution in [0.15, 0.2) is 48.8 Å². The number of halogens is 2. The molecule has 2 heterocycles. The van der Waals surface area contributed by atoms with Crippen molar-refractivity contribution >= 4 is 45.6 Å². The van der Waals surface area contributed by atoms with Crippen molar-refractivity contribution in [1.29, 1.82) is 0 Å². The van der Waals surface area contributed by atoms with Gasteiger partial charge in [0.15, 0.2) is 0 Å². The molecule has 0 radical (unpaired) electrons. The average molecular weight is 540 g/mol. The van der Waals surface area contributed by atoms with Crippen molar-refractivity contribution in [2.24, 2.45) is 0 Å². The van der Waals surface area contributed by atoms with Gasteiger partial charge in [-0.15, -0.1) is 0 Å². The van der Waals surface area contributed by atoms with Crippen LogP contribution in [-0.4, -0.2) is 59.7 Å². The number of carbonyl (C=O) groups excluding carboxylic acids is 1. The van der Waals surface area contributed by atoms with Gasteiger partial charge in [0.1, 0.15) is 23.7 Å². The number of nitrogens with zero attached hydrogens (tertiary/aromatic N) is 3. The molecule has 1 saturated carbocycles. The predicted molar refractivity (Wildman–Crippen MR) is 147 cm³/mol. The van der Waals surface area contributed by atoms with Crippen molar-refractivity contribution in [3.63, 3.8) is 0 Å². The molecule has 1 atom stereocenters. The lowest BCUT2D eigenvalue weighted by molar-refractivity contribution is -0.111. The minimum atomic E-state index is -0.500. The monoisotopic (exact) mass is 539 g/mol. The maximum atomic E-state index is 13.6. The topological polar surface area (TPSA) is 88.6 Å². The summed E-state index contributed by atoms with van der Waals surface area (Å²) in [5.74, 6) is 0.316. The summed E-state index contributed by atoms with van der Waals surface area (Å²) < 4.78 is 25.1. The highest BCUT2D eigenvalue weighted by atomic mass is 35.5. The third-order valence-corrected chi connectivity index (χ3v) is 7.28. The van der Waals surface area contributed by atoms with Gasteiger partial charge < -0.3 is 20.1 Å². The van der Waals surface area contributed by atoms with E-state index in [0.29, 0.717) is 53.0 Å². The van der Waals surface area contributed by atoms with Crippen LogP contribution in [0.25, 0.3) is 10.9 Å². The zero-order valence-corrected chi connectivity index (χ0v) is 22.0. The number of likely N-dealkylation sites (tertiary alicyclic amines) is 1. The fourth-order valence-corrected chi connectivity index (χ4v) is 4.92. The van der Waals surface area contributed by atoms with Crippen LogP contribution in [0.5, 0.6) is 5.75 Å². The number of rotatable bonds is 10. The molecule has 0 bridgehead atoms. The van der Waals surface area contributed by atoms with Gasteiger partial charge in [-0.3, -0.25) is 9.69 Å². The van der Waals surface area contributed by atoms with Crippen LogP contribution in [0.1, 0.15) is 32.1 Å². The summed E-state index contributed by atoms with van der Waals surface area (Å²) in [7, 11) is 1.72. The molecule has 1 aliphatic carbocycles. The Hall–Kier alpha value is -3.27. The van der Waals surface area contributed by atoms with E-state index in [1.54, 1.807) is 25.3 Å². The van der Waals surface area contributed by atoms with Crippen LogP contribution in [-0.2, 0) is 9.53 Å². The van der Waals surface area contributed by atoms with Gasteiger partial charge in [-0.2, -0.15) is 0 Å². The number of nitrogens with one attached hydrogen (secondary N) is 2. The average Bonchev–Trinajstić information content (AvgIpc) is 3.31. The van der Waals surface area contributed by atoms with Crippen molar-refractivity contribution in [2.75, 3.05) is 37.4 Å². The predicted octanol–water partition coefficient (Wildman–Crippen LogP) is 5.70. The van der Waals surface area contributed by atoms with Crippen molar-refractivity contribution in [3.05, 3.63) is 59.7 Å². The van der Waals surface area contributed by atoms with E-state index in [4.69, 9.17) is 21.1 Å². The minimum absolute atomic E-state index is 0.00626. The second kappa shape index (κ2) is 12.1. The third kappa shape index (κ3) is 6.23. The van der Waals surface area contributed by atoms with E-state index in [1.165, 1.54) is 18.5 Å². The fraction of sp³-hybridized carbons (Fsp3) is 0.393. The van der Waals surface area contributed by atoms with E-state index in [0.717, 1.165) is 38.6 Å². The number of hydrogen-bond donors (Lipinski definition) is 2. The number of anilines is 3. The van der Waals surface area contributed by atoms with E-state index in [1.807, 2.05) is 12.1 Å². The van der Waals surface area contributed by atoms with Crippen LogP contribution in [0.4, 0.5) is 21.6 Å². The van der Waals surface area contributed by atoms with Gasteiger partial charge in [-0.1, -0.05) is 17.7 Å². The lowest BCUT2D eigenvalue weighted by Gasteiger charge is -2.27. The Labute approximate surface area is 226 Å². The molecule has 1 amide bonds. The van der Waals surface area contributed by atoms with E-state index < -0.39 is 5.82 Å². The van der Waals surface area contributed by atoms with Gasteiger partial charge >= 0.3 is 0 Å². The molecular weight excluding hydrogens is 509 g/mol. The number of ether oxygens (including phenoxy) is 2. The van der Waals surface area contributed by atoms with E-state index >= 15 is 0 Å². The molecule has 200 valence electrons. The molecule has 5 rings (SSSR count). The van der Waals surface area contributed by atoms with Crippen molar-refractivity contribution in [1.82, 2.24) is 14.9 Å². The van der Waals surface area contributed by atoms with E-state index in [2.05, 4.69) is 25.5 Å². The first-order valence-corrected chi connectivity index (χ1v) is 13.3. The molecule has 10 heteroatoms. The highest BCUT2D eigenvalue weighted by molar-refractivity contribution is 6.31. The largest absolute Gasteiger partial charge is 0.488 e. The van der Waals surface area contributed by atoms with Gasteiger partial charge in [0.05, 0.1) is 28.9 Å². The number of methoxy groups -OCH3 is 1. The Morgan fingerprint density at radius 2 is 2.08 bits per heavy atom. The normalized spacial score (nSPS) is 18.1. The second-order valence-corrected chi connectivity index (χ2v) is 10.1. The van der Waals surface area contributed by atoms with Gasteiger partial charge in [-0.05, 0) is 62.9 Å². The standard InChI is InChI=1S/C28H31ClFN5O3/c1-37-16-19-5-3-11-35(19)12-4-8-27(36)34-25-14-21-24(15-26(25)38-20-6-2-7-20)31-17-32-28(21)33-18-9-10-23(30)22(29)13-18/h4,8-10,13-15,17,19-20H,2-3,5-7,11-12,16H2,1H3,(H,34,36)(H,31,32,33)/b8-4+/t19-/m1/s1. The molecule has 0 unspecified atom stereocenters. The maximum absolute atomic E-state index is 13.6. The Kier molecular flexibility index (Phi) is 8.36. The molecule has 1 saturated heterocycles. The molecule has 2 N–H and O–H groups in total. The van der Waals surface area contributed by atoms with Gasteiger partial charge in [-0.25, -0.2) is 14.4 Å². The van der Waals surface area contributed by atoms with E-state index in [9.17, 15) is 9.18 Å². The molecule has 1 aromatic heterocycles. The van der Waals surface area contributed by atoms with Crippen molar-refractivity contribution in [3.8, 4) is 5.75 Å². The van der Waals surface area contributed by atoms with Gasteiger partial charge in [0.2, 0.25) is 5.91 Å². The number of benzene rings is 2. The maximum Gasteiger partial charge on any atom is 0.248 e. The SMILES string of the molecule is COC[C@H]1CCCN1C/C=C/C(=O)Nc1cc2c(Nc3ccc(F)c(Cl)c3)ncnc2cc1OC1CCC1. The lowest BCUT2D eigenvalue weighted by Crippen LogP contribution is -2.33. The summed E-state index contributed by atoms with van der Waals surface area (Å²) in [6.07, 6.45) is 10.3. The molecule has 1 aliphatic heterocycles. The van der Waals surface area contributed by atoms with E-state index in [-0.39, 0.29) is 17.0 Å². The number of aromatic nitrogens is 2. The Balaban J connectivity index is 1.37. The number of hydrogen-bond acceptors (Lipinski definition) is 7. The van der Waals surface area contributed by atoms with Crippen molar-refractivity contribution < 1.29 is 18.7 Å². The molecule has 38 heavy (non-hydrogen) atoms. The summed E-state index contributed by atoms with van der Waals surface area (Å²) in [5.41, 5.74) is 1.76. The van der Waals surface area contributed by atoms with Crippen LogP contribution >= 0.6 is 11.6 Å². The zero-order valence-electron chi connectivity index (χ0n) is 21.3. The third-order valence-electron chi connectivity index (χ3n) is 6.99. The molecule has 2 aliphatic rings. The molecule has 2 fully saturated rings. The molecule has 0 spiro atoms. The quantitative estimate of drug-likeness (QED) is 0.319. The Bertz CT molecular complexity index is 1330. The summed E-state index contributed by atoms with van der Waals surface area (Å²) in [6, 6.07) is 8.36. The number of fused-ring (bicyclic) bond motifs is 1. The smallest absolute Gasteiger partial charge is 0.248 e. The van der Waals surface area contributed by atoms with Crippen LogP contribution in [0.2, 0.25) is 5.02 Å². The molecule has 2 aromatic carbocycles. The molecular formula is C28H31ClFN5O3. The second-order valence-electron chi connectivity index (χ2n) is 9.65. The highest BCUT2D eigenvalue weighted by Crippen LogP contribution is 2.36. The molecule has 3 aromatic rings. The Morgan fingerprint density at radius 1 is 1.21 bits per heavy atom.